The normalized spacial score (nSPS) is 11.3. The first-order chi connectivity index (χ1) is 12.4. The maximum absolute atomic E-state index is 13.1. The van der Waals surface area contributed by atoms with E-state index in [0.717, 1.165) is 5.56 Å². The van der Waals surface area contributed by atoms with E-state index < -0.39 is 9.84 Å². The number of halogens is 1. The van der Waals surface area contributed by atoms with Gasteiger partial charge in [0.2, 0.25) is 0 Å². The summed E-state index contributed by atoms with van der Waals surface area (Å²) in [5.74, 6) is -0.0996. The molecular weight excluding hydrogens is 353 g/mol. The highest BCUT2D eigenvalue weighted by atomic mass is 32.2. The SMILES string of the molecule is COc1ccc(N)cc1CS(=O)(=O)c1cccc(-c2ccc(F)cc2)c1. The van der Waals surface area contributed by atoms with Crippen molar-refractivity contribution < 1.29 is 17.5 Å². The lowest BCUT2D eigenvalue weighted by atomic mass is 10.1. The van der Waals surface area contributed by atoms with Crippen molar-refractivity contribution in [2.75, 3.05) is 12.8 Å². The maximum Gasteiger partial charge on any atom is 0.182 e. The van der Waals surface area contributed by atoms with Gasteiger partial charge in [-0.05, 0) is 53.6 Å². The van der Waals surface area contributed by atoms with E-state index in [-0.39, 0.29) is 16.5 Å². The Kier molecular flexibility index (Phi) is 4.95. The second-order valence-corrected chi connectivity index (χ2v) is 7.85. The number of ether oxygens (including phenoxy) is 1. The van der Waals surface area contributed by atoms with Gasteiger partial charge < -0.3 is 10.5 Å². The van der Waals surface area contributed by atoms with Gasteiger partial charge in [0.25, 0.3) is 0 Å². The van der Waals surface area contributed by atoms with Crippen LogP contribution in [-0.2, 0) is 15.6 Å². The molecule has 0 radical (unpaired) electrons. The third-order valence-electron chi connectivity index (χ3n) is 4.02. The number of rotatable bonds is 5. The third-order valence-corrected chi connectivity index (χ3v) is 5.68. The minimum atomic E-state index is -3.61. The summed E-state index contributed by atoms with van der Waals surface area (Å²) in [4.78, 5) is 0.184. The van der Waals surface area contributed by atoms with E-state index in [1.807, 2.05) is 0 Å². The lowest BCUT2D eigenvalue weighted by Gasteiger charge is -2.11. The molecular formula is C20H18FNO3S. The van der Waals surface area contributed by atoms with Crippen LogP contribution in [-0.4, -0.2) is 15.5 Å². The van der Waals surface area contributed by atoms with Gasteiger partial charge in [-0.1, -0.05) is 24.3 Å². The first-order valence-electron chi connectivity index (χ1n) is 7.90. The van der Waals surface area contributed by atoms with Crippen molar-refractivity contribution in [3.05, 3.63) is 78.1 Å². The number of benzene rings is 3. The summed E-state index contributed by atoms with van der Waals surface area (Å²) >= 11 is 0. The van der Waals surface area contributed by atoms with E-state index in [4.69, 9.17) is 10.5 Å². The van der Waals surface area contributed by atoms with E-state index in [0.29, 0.717) is 22.6 Å². The molecule has 26 heavy (non-hydrogen) atoms. The highest BCUT2D eigenvalue weighted by Gasteiger charge is 2.19. The molecule has 0 spiro atoms. The van der Waals surface area contributed by atoms with Crippen molar-refractivity contribution >= 4 is 15.5 Å². The van der Waals surface area contributed by atoms with Gasteiger partial charge in [-0.15, -0.1) is 0 Å². The van der Waals surface area contributed by atoms with Gasteiger partial charge in [-0.25, -0.2) is 12.8 Å². The molecule has 0 aliphatic carbocycles. The zero-order valence-corrected chi connectivity index (χ0v) is 15.0. The average Bonchev–Trinajstić information content (AvgIpc) is 2.62. The summed E-state index contributed by atoms with van der Waals surface area (Å²) in [7, 11) is -2.13. The number of hydrogen-bond donors (Lipinski definition) is 1. The average molecular weight is 371 g/mol. The molecule has 0 amide bonds. The van der Waals surface area contributed by atoms with Crippen LogP contribution in [0.1, 0.15) is 5.56 Å². The molecule has 4 nitrogen and oxygen atoms in total. The van der Waals surface area contributed by atoms with Crippen LogP contribution in [0.4, 0.5) is 10.1 Å². The molecule has 0 aliphatic heterocycles. The lowest BCUT2D eigenvalue weighted by molar-refractivity contribution is 0.411. The Labute approximate surface area is 152 Å². The first-order valence-corrected chi connectivity index (χ1v) is 9.55. The van der Waals surface area contributed by atoms with Crippen LogP contribution >= 0.6 is 0 Å². The Morgan fingerprint density at radius 3 is 2.38 bits per heavy atom. The molecule has 0 saturated carbocycles. The van der Waals surface area contributed by atoms with Crippen molar-refractivity contribution in [1.29, 1.82) is 0 Å². The highest BCUT2D eigenvalue weighted by molar-refractivity contribution is 7.90. The molecule has 0 fully saturated rings. The van der Waals surface area contributed by atoms with Gasteiger partial charge >= 0.3 is 0 Å². The van der Waals surface area contributed by atoms with Crippen LogP contribution in [0, 0.1) is 5.82 Å². The predicted molar refractivity (Wildman–Crippen MR) is 100 cm³/mol. The summed E-state index contributed by atoms with van der Waals surface area (Å²) in [6.07, 6.45) is 0. The zero-order chi connectivity index (χ0) is 18.7. The maximum atomic E-state index is 13.1. The summed E-state index contributed by atoms with van der Waals surface area (Å²) in [5.41, 5.74) is 8.18. The Morgan fingerprint density at radius 2 is 1.69 bits per heavy atom. The molecule has 0 saturated heterocycles. The molecule has 0 heterocycles. The Bertz CT molecular complexity index is 1030. The van der Waals surface area contributed by atoms with Crippen LogP contribution < -0.4 is 10.5 Å². The van der Waals surface area contributed by atoms with E-state index in [2.05, 4.69) is 0 Å². The second-order valence-electron chi connectivity index (χ2n) is 5.87. The molecule has 6 heteroatoms. The Hall–Kier alpha value is -2.86. The van der Waals surface area contributed by atoms with Gasteiger partial charge in [-0.3, -0.25) is 0 Å². The van der Waals surface area contributed by atoms with Crippen LogP contribution in [0.3, 0.4) is 0 Å². The van der Waals surface area contributed by atoms with Crippen LogP contribution in [0.15, 0.2) is 71.6 Å². The fraction of sp³-hybridized carbons (Fsp3) is 0.100. The van der Waals surface area contributed by atoms with Crippen molar-refractivity contribution in [3.63, 3.8) is 0 Å². The van der Waals surface area contributed by atoms with Crippen molar-refractivity contribution in [2.45, 2.75) is 10.6 Å². The van der Waals surface area contributed by atoms with Gasteiger partial charge in [0, 0.05) is 11.3 Å². The smallest absolute Gasteiger partial charge is 0.182 e. The molecule has 2 N–H and O–H groups in total. The molecule has 0 aromatic heterocycles. The molecule has 3 aromatic rings. The molecule has 0 atom stereocenters. The number of nitrogens with two attached hydrogens (primary N) is 1. The fourth-order valence-corrected chi connectivity index (χ4v) is 4.10. The number of nitrogen functional groups attached to an aromatic ring is 1. The largest absolute Gasteiger partial charge is 0.496 e. The Balaban J connectivity index is 1.96. The van der Waals surface area contributed by atoms with E-state index in [9.17, 15) is 12.8 Å². The second kappa shape index (κ2) is 7.17. The zero-order valence-electron chi connectivity index (χ0n) is 14.1. The third kappa shape index (κ3) is 3.86. The first kappa shape index (κ1) is 17.9. The number of sulfone groups is 1. The molecule has 3 rings (SSSR count). The van der Waals surface area contributed by atoms with Crippen LogP contribution in [0.25, 0.3) is 11.1 Å². The van der Waals surface area contributed by atoms with Crippen LogP contribution in [0.5, 0.6) is 5.75 Å². The monoisotopic (exact) mass is 371 g/mol. The topological polar surface area (TPSA) is 69.4 Å². The van der Waals surface area contributed by atoms with E-state index in [1.165, 1.54) is 19.2 Å². The van der Waals surface area contributed by atoms with Gasteiger partial charge in [0.1, 0.15) is 11.6 Å². The molecule has 0 unspecified atom stereocenters. The van der Waals surface area contributed by atoms with E-state index >= 15 is 0 Å². The van der Waals surface area contributed by atoms with Gasteiger partial charge in [0.15, 0.2) is 9.84 Å². The standard InChI is InChI=1S/C20H18FNO3S/c1-25-20-10-9-18(22)11-16(20)13-26(23,24)19-4-2-3-15(12-19)14-5-7-17(21)8-6-14/h2-12H,13,22H2,1H3. The minimum absolute atomic E-state index is 0.184. The molecule has 134 valence electrons. The van der Waals surface area contributed by atoms with Crippen LogP contribution in [0.2, 0.25) is 0 Å². The number of anilines is 1. The van der Waals surface area contributed by atoms with Crippen molar-refractivity contribution in [3.8, 4) is 16.9 Å². The van der Waals surface area contributed by atoms with E-state index in [1.54, 1.807) is 54.6 Å². The Morgan fingerprint density at radius 1 is 0.962 bits per heavy atom. The quantitative estimate of drug-likeness (QED) is 0.687. The molecule has 3 aromatic carbocycles. The highest BCUT2D eigenvalue weighted by Crippen LogP contribution is 2.28. The summed E-state index contributed by atoms with van der Waals surface area (Å²) in [5, 5.41) is 0. The van der Waals surface area contributed by atoms with Crippen molar-refractivity contribution in [2.24, 2.45) is 0 Å². The predicted octanol–water partition coefficient (Wildman–Crippen LogP) is 4.06. The summed E-state index contributed by atoms with van der Waals surface area (Å²) in [6, 6.07) is 17.4. The number of hydrogen-bond acceptors (Lipinski definition) is 4. The minimum Gasteiger partial charge on any atom is -0.496 e. The number of methoxy groups -OCH3 is 1. The summed E-state index contributed by atoms with van der Waals surface area (Å²) < 4.78 is 44.1. The fourth-order valence-electron chi connectivity index (χ4n) is 2.71. The lowest BCUT2D eigenvalue weighted by Crippen LogP contribution is -2.07. The molecule has 0 aliphatic rings. The van der Waals surface area contributed by atoms with Gasteiger partial charge in [-0.2, -0.15) is 0 Å². The van der Waals surface area contributed by atoms with Gasteiger partial charge in [0.05, 0.1) is 17.8 Å². The molecule has 0 bridgehead atoms. The summed E-state index contributed by atoms with van der Waals surface area (Å²) in [6.45, 7) is 0. The van der Waals surface area contributed by atoms with Crippen molar-refractivity contribution in [1.82, 2.24) is 0 Å².